The van der Waals surface area contributed by atoms with Crippen LogP contribution in [0.4, 0.5) is 4.39 Å². The lowest BCUT2D eigenvalue weighted by atomic mass is 10.0. The molecular weight excluding hydrogens is 245 g/mol. The zero-order chi connectivity index (χ0) is 12.8. The first-order chi connectivity index (χ1) is 8.79. The summed E-state index contributed by atoms with van der Waals surface area (Å²) in [5.74, 6) is -0.174. The lowest BCUT2D eigenvalue weighted by Crippen LogP contribution is -2.16. The van der Waals surface area contributed by atoms with Crippen LogP contribution in [0.25, 0.3) is 0 Å². The Morgan fingerprint density at radius 2 is 2.00 bits per heavy atom. The lowest BCUT2D eigenvalue weighted by molar-refractivity contribution is 0.526. The molecule has 0 fully saturated rings. The highest BCUT2D eigenvalue weighted by atomic mass is 32.1. The number of thiophene rings is 1. The summed E-state index contributed by atoms with van der Waals surface area (Å²) in [4.78, 5) is 1.43. The van der Waals surface area contributed by atoms with Crippen molar-refractivity contribution < 1.29 is 4.39 Å². The molecule has 1 heterocycles. The van der Waals surface area contributed by atoms with Crippen molar-refractivity contribution in [3.8, 4) is 0 Å². The van der Waals surface area contributed by atoms with Crippen LogP contribution in [0.2, 0.25) is 0 Å². The minimum absolute atomic E-state index is 0.174. The van der Waals surface area contributed by atoms with Crippen LogP contribution in [0.3, 0.4) is 0 Å². The zero-order valence-corrected chi connectivity index (χ0v) is 11.3. The van der Waals surface area contributed by atoms with Gasteiger partial charge >= 0.3 is 0 Å². The van der Waals surface area contributed by atoms with Crippen molar-refractivity contribution in [1.29, 1.82) is 0 Å². The van der Waals surface area contributed by atoms with E-state index in [0.717, 1.165) is 24.8 Å². The molecule has 1 N–H and O–H groups in total. The quantitative estimate of drug-likeness (QED) is 0.824. The van der Waals surface area contributed by atoms with Gasteiger partial charge in [-0.3, -0.25) is 0 Å². The number of benzene rings is 1. The van der Waals surface area contributed by atoms with Gasteiger partial charge < -0.3 is 5.32 Å². The molecule has 2 aromatic rings. The fourth-order valence-electron chi connectivity index (χ4n) is 2.11. The van der Waals surface area contributed by atoms with Crippen molar-refractivity contribution in [2.75, 3.05) is 7.05 Å². The maximum atomic E-state index is 12.9. The van der Waals surface area contributed by atoms with Gasteiger partial charge in [-0.2, -0.15) is 0 Å². The van der Waals surface area contributed by atoms with E-state index in [0.29, 0.717) is 6.04 Å². The predicted molar refractivity (Wildman–Crippen MR) is 75.5 cm³/mol. The molecule has 1 aromatic heterocycles. The number of nitrogens with one attached hydrogen (secondary N) is 1. The molecule has 1 atom stereocenters. The van der Waals surface area contributed by atoms with Gasteiger partial charge in [0.1, 0.15) is 5.82 Å². The minimum atomic E-state index is -0.174. The number of hydrogen-bond acceptors (Lipinski definition) is 2. The molecule has 1 nitrogen and oxygen atoms in total. The molecule has 0 amide bonds. The predicted octanol–water partition coefficient (Wildman–Crippen LogP) is 4.17. The fourth-order valence-corrected chi connectivity index (χ4v) is 2.86. The highest BCUT2D eigenvalue weighted by Gasteiger charge is 2.09. The molecule has 0 saturated carbocycles. The molecular formula is C15H18FNS. The van der Waals surface area contributed by atoms with Crippen molar-refractivity contribution in [3.05, 3.63) is 58.0 Å². The second-order valence-corrected chi connectivity index (χ2v) is 5.40. The number of aryl methyl sites for hydroxylation is 1. The average molecular weight is 263 g/mol. The van der Waals surface area contributed by atoms with Gasteiger partial charge in [-0.05, 0) is 55.5 Å². The van der Waals surface area contributed by atoms with Crippen LogP contribution in [0, 0.1) is 5.82 Å². The number of halogens is 1. The second-order valence-electron chi connectivity index (χ2n) is 4.36. The van der Waals surface area contributed by atoms with Gasteiger partial charge in [0.2, 0.25) is 0 Å². The normalized spacial score (nSPS) is 12.6. The van der Waals surface area contributed by atoms with E-state index in [9.17, 15) is 4.39 Å². The third-order valence-electron chi connectivity index (χ3n) is 3.12. The van der Waals surface area contributed by atoms with Crippen LogP contribution < -0.4 is 5.32 Å². The standard InChI is InChI=1S/C15H18FNS/c1-17-15(12-7-9-13(16)10-8-12)6-2-4-14-5-3-11-18-14/h3,5,7-11,15,17H,2,4,6H2,1H3. The first-order valence-corrected chi connectivity index (χ1v) is 7.12. The Bertz CT molecular complexity index is 450. The topological polar surface area (TPSA) is 12.0 Å². The van der Waals surface area contributed by atoms with Crippen molar-refractivity contribution >= 4 is 11.3 Å². The van der Waals surface area contributed by atoms with Crippen molar-refractivity contribution in [2.45, 2.75) is 25.3 Å². The molecule has 0 aliphatic heterocycles. The fraction of sp³-hybridized carbons (Fsp3) is 0.333. The van der Waals surface area contributed by atoms with Crippen LogP contribution in [0.15, 0.2) is 41.8 Å². The van der Waals surface area contributed by atoms with Crippen molar-refractivity contribution in [2.24, 2.45) is 0 Å². The monoisotopic (exact) mass is 263 g/mol. The first-order valence-electron chi connectivity index (χ1n) is 6.24. The Morgan fingerprint density at radius 3 is 2.61 bits per heavy atom. The van der Waals surface area contributed by atoms with Crippen molar-refractivity contribution in [3.63, 3.8) is 0 Å². The molecule has 0 aliphatic rings. The summed E-state index contributed by atoms with van der Waals surface area (Å²) < 4.78 is 12.9. The number of rotatable bonds is 6. The molecule has 3 heteroatoms. The summed E-state index contributed by atoms with van der Waals surface area (Å²) >= 11 is 1.81. The summed E-state index contributed by atoms with van der Waals surface area (Å²) in [6.45, 7) is 0. The average Bonchev–Trinajstić information content (AvgIpc) is 2.89. The van der Waals surface area contributed by atoms with E-state index in [2.05, 4.69) is 22.8 Å². The minimum Gasteiger partial charge on any atom is -0.313 e. The van der Waals surface area contributed by atoms with E-state index in [1.165, 1.54) is 17.0 Å². The van der Waals surface area contributed by atoms with Gasteiger partial charge in [0.15, 0.2) is 0 Å². The maximum Gasteiger partial charge on any atom is 0.123 e. The molecule has 1 unspecified atom stereocenters. The van der Waals surface area contributed by atoms with Gasteiger partial charge in [0.05, 0.1) is 0 Å². The molecule has 1 aromatic carbocycles. The SMILES string of the molecule is CNC(CCCc1cccs1)c1ccc(F)cc1. The van der Waals surface area contributed by atoms with E-state index < -0.39 is 0 Å². The highest BCUT2D eigenvalue weighted by Crippen LogP contribution is 2.21. The molecule has 0 saturated heterocycles. The molecule has 18 heavy (non-hydrogen) atoms. The third kappa shape index (κ3) is 3.65. The smallest absolute Gasteiger partial charge is 0.123 e. The summed E-state index contributed by atoms with van der Waals surface area (Å²) in [6.07, 6.45) is 3.33. The van der Waals surface area contributed by atoms with Gasteiger partial charge in [0, 0.05) is 10.9 Å². The third-order valence-corrected chi connectivity index (χ3v) is 4.05. The van der Waals surface area contributed by atoms with Crippen LogP contribution in [0.5, 0.6) is 0 Å². The van der Waals surface area contributed by atoms with E-state index in [-0.39, 0.29) is 5.82 Å². The number of hydrogen-bond donors (Lipinski definition) is 1. The Hall–Kier alpha value is -1.19. The lowest BCUT2D eigenvalue weighted by Gasteiger charge is -2.16. The van der Waals surface area contributed by atoms with Crippen LogP contribution in [0.1, 0.15) is 29.3 Å². The van der Waals surface area contributed by atoms with Gasteiger partial charge in [-0.15, -0.1) is 11.3 Å². The van der Waals surface area contributed by atoms with Gasteiger partial charge in [0.25, 0.3) is 0 Å². The summed E-state index contributed by atoms with van der Waals surface area (Å²) in [6, 6.07) is 11.4. The van der Waals surface area contributed by atoms with E-state index in [4.69, 9.17) is 0 Å². The first kappa shape index (κ1) is 13.2. The second kappa shape index (κ2) is 6.66. The maximum absolute atomic E-state index is 12.9. The molecule has 0 spiro atoms. The molecule has 96 valence electrons. The summed E-state index contributed by atoms with van der Waals surface area (Å²) in [5.41, 5.74) is 1.16. The highest BCUT2D eigenvalue weighted by molar-refractivity contribution is 7.09. The van der Waals surface area contributed by atoms with Gasteiger partial charge in [-0.25, -0.2) is 4.39 Å². The molecule has 0 bridgehead atoms. The Kier molecular flexibility index (Phi) is 4.90. The molecule has 0 aliphatic carbocycles. The summed E-state index contributed by atoms with van der Waals surface area (Å²) in [7, 11) is 1.96. The van der Waals surface area contributed by atoms with Crippen LogP contribution in [-0.2, 0) is 6.42 Å². The van der Waals surface area contributed by atoms with Crippen molar-refractivity contribution in [1.82, 2.24) is 5.32 Å². The van der Waals surface area contributed by atoms with Crippen LogP contribution >= 0.6 is 11.3 Å². The molecule has 2 rings (SSSR count). The Labute approximate surface area is 112 Å². The van der Waals surface area contributed by atoms with E-state index in [1.54, 1.807) is 0 Å². The summed E-state index contributed by atoms with van der Waals surface area (Å²) in [5, 5.41) is 5.41. The van der Waals surface area contributed by atoms with Gasteiger partial charge in [-0.1, -0.05) is 18.2 Å². The Morgan fingerprint density at radius 1 is 1.22 bits per heavy atom. The van der Waals surface area contributed by atoms with E-state index in [1.807, 2.05) is 30.5 Å². The largest absolute Gasteiger partial charge is 0.313 e. The van der Waals surface area contributed by atoms with Crippen LogP contribution in [-0.4, -0.2) is 7.05 Å². The zero-order valence-electron chi connectivity index (χ0n) is 10.5. The van der Waals surface area contributed by atoms with E-state index >= 15 is 0 Å². The molecule has 0 radical (unpaired) electrons. The Balaban J connectivity index is 1.87.